The number of hydrogen-bond donors (Lipinski definition) is 1. The topological polar surface area (TPSA) is 56.4 Å². The van der Waals surface area contributed by atoms with E-state index in [9.17, 15) is 4.79 Å². The molecule has 0 saturated carbocycles. The maximum atomic E-state index is 13.1. The van der Waals surface area contributed by atoms with Crippen LogP contribution in [0.15, 0.2) is 108 Å². The van der Waals surface area contributed by atoms with Crippen molar-refractivity contribution in [3.63, 3.8) is 0 Å². The van der Waals surface area contributed by atoms with Gasteiger partial charge in [0, 0.05) is 41.5 Å². The summed E-state index contributed by atoms with van der Waals surface area (Å²) in [5, 5.41) is 4.14. The summed E-state index contributed by atoms with van der Waals surface area (Å²) in [6.07, 6.45) is 4.09. The van der Waals surface area contributed by atoms with Crippen LogP contribution in [0.4, 0.5) is 0 Å². The molecule has 1 amide bonds. The van der Waals surface area contributed by atoms with Gasteiger partial charge in [-0.25, -0.2) is 0 Å². The normalized spacial score (nSPS) is 11.9. The van der Waals surface area contributed by atoms with Gasteiger partial charge in [0.2, 0.25) is 5.91 Å². The van der Waals surface area contributed by atoms with E-state index in [-0.39, 0.29) is 11.8 Å². The van der Waals surface area contributed by atoms with E-state index in [1.807, 2.05) is 42.5 Å². The molecule has 5 rings (SSSR count). The quantitative estimate of drug-likeness (QED) is 0.285. The minimum atomic E-state index is -0.176. The van der Waals surface area contributed by atoms with E-state index in [2.05, 4.69) is 64.6 Å². The highest BCUT2D eigenvalue weighted by Crippen LogP contribution is 2.38. The number of carbonyl (C=O) groups is 1. The molecule has 176 valence electrons. The molecule has 1 unspecified atom stereocenters. The lowest BCUT2D eigenvalue weighted by molar-refractivity contribution is -0.121. The molecule has 2 heterocycles. The zero-order valence-corrected chi connectivity index (χ0v) is 19.7. The van der Waals surface area contributed by atoms with Crippen LogP contribution < -0.4 is 10.1 Å². The van der Waals surface area contributed by atoms with Crippen molar-refractivity contribution in [1.82, 2.24) is 9.88 Å². The molecule has 3 aromatic carbocycles. The van der Waals surface area contributed by atoms with Crippen LogP contribution in [0, 0.1) is 0 Å². The zero-order valence-electron chi connectivity index (χ0n) is 19.7. The highest BCUT2D eigenvalue weighted by atomic mass is 16.5. The first-order valence-corrected chi connectivity index (χ1v) is 11.8. The fourth-order valence-electron chi connectivity index (χ4n) is 4.66. The number of benzene rings is 3. The number of carbonyl (C=O) groups excluding carboxylic acids is 1. The van der Waals surface area contributed by atoms with E-state index < -0.39 is 0 Å². The van der Waals surface area contributed by atoms with Gasteiger partial charge in [0.05, 0.1) is 19.9 Å². The van der Waals surface area contributed by atoms with Crippen molar-refractivity contribution in [3.8, 4) is 5.75 Å². The molecular weight excluding hydrogens is 436 g/mol. The number of rotatable bonds is 9. The summed E-state index contributed by atoms with van der Waals surface area (Å²) in [5.41, 5.74) is 4.46. The molecule has 0 spiro atoms. The molecule has 35 heavy (non-hydrogen) atoms. The number of ether oxygens (including phenoxy) is 1. The maximum absolute atomic E-state index is 13.1. The molecule has 5 heteroatoms. The van der Waals surface area contributed by atoms with Crippen LogP contribution in [0.25, 0.3) is 10.9 Å². The van der Waals surface area contributed by atoms with E-state index in [0.717, 1.165) is 40.1 Å². The van der Waals surface area contributed by atoms with Crippen molar-refractivity contribution in [2.45, 2.75) is 25.4 Å². The van der Waals surface area contributed by atoms with Gasteiger partial charge in [0.1, 0.15) is 11.5 Å². The summed E-state index contributed by atoms with van der Waals surface area (Å²) >= 11 is 0. The number of nitrogens with zero attached hydrogens (tertiary/aromatic N) is 1. The van der Waals surface area contributed by atoms with Gasteiger partial charge in [-0.05, 0) is 35.4 Å². The summed E-state index contributed by atoms with van der Waals surface area (Å²) in [7, 11) is 1.67. The van der Waals surface area contributed by atoms with Gasteiger partial charge in [0.15, 0.2) is 0 Å². The highest BCUT2D eigenvalue weighted by Gasteiger charge is 2.25. The molecule has 1 atom stereocenters. The Bertz CT molecular complexity index is 1400. The number of fused-ring (bicyclic) bond motifs is 1. The second kappa shape index (κ2) is 10.3. The summed E-state index contributed by atoms with van der Waals surface area (Å²) in [4.78, 5) is 13.1. The first-order chi connectivity index (χ1) is 17.2. The van der Waals surface area contributed by atoms with Gasteiger partial charge in [-0.15, -0.1) is 0 Å². The van der Waals surface area contributed by atoms with Crippen LogP contribution in [0.2, 0.25) is 0 Å². The summed E-state index contributed by atoms with van der Waals surface area (Å²) in [5.74, 6) is 1.28. The van der Waals surface area contributed by atoms with E-state index in [1.165, 1.54) is 5.56 Å². The van der Waals surface area contributed by atoms with Crippen molar-refractivity contribution >= 4 is 16.8 Å². The van der Waals surface area contributed by atoms with Crippen molar-refractivity contribution in [1.29, 1.82) is 0 Å². The van der Waals surface area contributed by atoms with Gasteiger partial charge in [-0.2, -0.15) is 0 Å². The number of nitrogens with one attached hydrogen (secondary N) is 1. The molecule has 0 bridgehead atoms. The van der Waals surface area contributed by atoms with Crippen LogP contribution in [0.3, 0.4) is 0 Å². The molecule has 5 aromatic rings. The van der Waals surface area contributed by atoms with Crippen LogP contribution >= 0.6 is 0 Å². The SMILES string of the molecule is COc1ccccc1C(CC(=O)NCc1ccco1)c1cn(Cc2ccccc2)c2ccccc12. The summed E-state index contributed by atoms with van der Waals surface area (Å²) < 4.78 is 13.4. The predicted octanol–water partition coefficient (Wildman–Crippen LogP) is 6.13. The molecule has 0 fully saturated rings. The molecule has 0 aliphatic heterocycles. The Morgan fingerprint density at radius 3 is 2.49 bits per heavy atom. The van der Waals surface area contributed by atoms with Gasteiger partial charge in [0.25, 0.3) is 0 Å². The van der Waals surface area contributed by atoms with Gasteiger partial charge >= 0.3 is 0 Å². The van der Waals surface area contributed by atoms with Gasteiger partial charge < -0.3 is 19.0 Å². The zero-order chi connectivity index (χ0) is 24.0. The number of hydrogen-bond acceptors (Lipinski definition) is 3. The number of methoxy groups -OCH3 is 1. The van der Waals surface area contributed by atoms with Crippen LogP contribution in [-0.4, -0.2) is 17.6 Å². The Hall–Kier alpha value is -4.25. The minimum Gasteiger partial charge on any atom is -0.496 e. The average molecular weight is 465 g/mol. The maximum Gasteiger partial charge on any atom is 0.221 e. The molecule has 1 N–H and O–H groups in total. The third kappa shape index (κ3) is 4.99. The van der Waals surface area contributed by atoms with Crippen molar-refractivity contribution in [2.75, 3.05) is 7.11 Å². The lowest BCUT2D eigenvalue weighted by Crippen LogP contribution is -2.25. The Labute approximate surface area is 205 Å². The first-order valence-electron chi connectivity index (χ1n) is 11.8. The van der Waals surface area contributed by atoms with E-state index in [4.69, 9.17) is 9.15 Å². The Kier molecular flexibility index (Phi) is 6.66. The first kappa shape index (κ1) is 22.5. The average Bonchev–Trinajstić information content (AvgIpc) is 3.55. The number of aromatic nitrogens is 1. The predicted molar refractivity (Wildman–Crippen MR) is 137 cm³/mol. The molecule has 0 aliphatic rings. The minimum absolute atomic E-state index is 0.0443. The Morgan fingerprint density at radius 2 is 1.69 bits per heavy atom. The molecule has 2 aromatic heterocycles. The van der Waals surface area contributed by atoms with E-state index >= 15 is 0 Å². The fraction of sp³-hybridized carbons (Fsp3) is 0.167. The molecule has 5 nitrogen and oxygen atoms in total. The Balaban J connectivity index is 1.54. The molecule has 0 aliphatic carbocycles. The largest absolute Gasteiger partial charge is 0.496 e. The summed E-state index contributed by atoms with van der Waals surface area (Å²) in [6, 6.07) is 30.4. The van der Waals surface area contributed by atoms with Crippen LogP contribution in [0.5, 0.6) is 5.75 Å². The smallest absolute Gasteiger partial charge is 0.221 e. The van der Waals surface area contributed by atoms with Crippen molar-refractivity contribution < 1.29 is 13.9 Å². The standard InChI is InChI=1S/C30H28N2O3/c1-34-29-16-8-6-14-25(29)26(18-30(33)31-19-23-12-9-17-35-23)27-21-32(20-22-10-3-2-4-11-22)28-15-7-5-13-24(27)28/h2-17,21,26H,18-20H2,1H3,(H,31,33). The second-order valence-electron chi connectivity index (χ2n) is 8.57. The number of furan rings is 1. The molecule has 0 radical (unpaired) electrons. The summed E-state index contributed by atoms with van der Waals surface area (Å²) in [6.45, 7) is 1.12. The molecule has 0 saturated heterocycles. The number of amides is 1. The van der Waals surface area contributed by atoms with E-state index in [1.54, 1.807) is 13.4 Å². The van der Waals surface area contributed by atoms with Crippen molar-refractivity contribution in [3.05, 3.63) is 126 Å². The van der Waals surface area contributed by atoms with Gasteiger partial charge in [-0.3, -0.25) is 4.79 Å². The van der Waals surface area contributed by atoms with Crippen LogP contribution in [-0.2, 0) is 17.9 Å². The lowest BCUT2D eigenvalue weighted by Gasteiger charge is -2.19. The Morgan fingerprint density at radius 1 is 0.914 bits per heavy atom. The fourth-order valence-corrected chi connectivity index (χ4v) is 4.66. The third-order valence-electron chi connectivity index (χ3n) is 6.33. The van der Waals surface area contributed by atoms with Gasteiger partial charge in [-0.1, -0.05) is 66.7 Å². The lowest BCUT2D eigenvalue weighted by atomic mass is 9.87. The van der Waals surface area contributed by atoms with Crippen molar-refractivity contribution in [2.24, 2.45) is 0 Å². The third-order valence-corrected chi connectivity index (χ3v) is 6.33. The van der Waals surface area contributed by atoms with E-state index in [0.29, 0.717) is 13.0 Å². The second-order valence-corrected chi connectivity index (χ2v) is 8.57. The monoisotopic (exact) mass is 464 g/mol. The highest BCUT2D eigenvalue weighted by molar-refractivity contribution is 5.87. The molecular formula is C30H28N2O3. The van der Waals surface area contributed by atoms with Crippen LogP contribution in [0.1, 0.15) is 34.8 Å². The number of para-hydroxylation sites is 2.